The monoisotopic (exact) mass is 1600 g/mol. The molecule has 0 radical (unpaired) electrons. The first kappa shape index (κ1) is 95.0. The maximum absolute atomic E-state index is 14.8. The van der Waals surface area contributed by atoms with Crippen LogP contribution in [0.3, 0.4) is 0 Å². The topological polar surface area (TPSA) is 838 Å². The van der Waals surface area contributed by atoms with Crippen LogP contribution in [0.15, 0.2) is 50.0 Å². The Balaban J connectivity index is 1.99. The summed E-state index contributed by atoms with van der Waals surface area (Å²) in [6.45, 7) is 5.83. The lowest BCUT2D eigenvalue weighted by Crippen LogP contribution is -2.63. The fourth-order valence-electron chi connectivity index (χ4n) is 11.5. The molecule has 48 heteroatoms. The Bertz CT molecular complexity index is 3610. The van der Waals surface area contributed by atoms with Gasteiger partial charge in [-0.05, 0) is 103 Å². The van der Waals surface area contributed by atoms with E-state index in [1.54, 1.807) is 13.8 Å². The molecule has 0 saturated carbocycles. The number of aromatic nitrogens is 4. The molecule has 12 amide bonds. The van der Waals surface area contributed by atoms with E-state index in [4.69, 9.17) is 68.8 Å². The molecule has 1 saturated heterocycles. The highest BCUT2D eigenvalue weighted by Gasteiger charge is 2.41. The summed E-state index contributed by atoms with van der Waals surface area (Å²) in [4.78, 5) is 216. The number of carbonyl (C=O) groups excluding carboxylic acids is 12. The van der Waals surface area contributed by atoms with Crippen molar-refractivity contribution in [3.63, 3.8) is 0 Å². The van der Waals surface area contributed by atoms with E-state index in [-0.39, 0.29) is 163 Å². The quantitative estimate of drug-likeness (QED) is 0.0166. The van der Waals surface area contributed by atoms with Crippen LogP contribution in [0.4, 0.5) is 0 Å². The summed E-state index contributed by atoms with van der Waals surface area (Å²) in [6, 6.07) is -18.9. The summed E-state index contributed by atoms with van der Waals surface area (Å²) in [6.07, 6.45) is 0.249. The Morgan fingerprint density at radius 1 is 0.451 bits per heavy atom. The van der Waals surface area contributed by atoms with Crippen molar-refractivity contribution in [3.05, 3.63) is 36.4 Å². The van der Waals surface area contributed by atoms with Crippen molar-refractivity contribution in [2.75, 3.05) is 39.3 Å². The number of aromatic amines is 2. The number of aliphatic imine (C=N–C) groups is 5. The molecule has 1 fully saturated rings. The van der Waals surface area contributed by atoms with E-state index in [1.165, 1.54) is 29.9 Å². The van der Waals surface area contributed by atoms with Gasteiger partial charge in [0.15, 0.2) is 29.8 Å². The number of rotatable bonds is 52. The van der Waals surface area contributed by atoms with Gasteiger partial charge >= 0.3 is 5.97 Å². The first-order valence-corrected chi connectivity index (χ1v) is 36.5. The van der Waals surface area contributed by atoms with Gasteiger partial charge in [0.05, 0.1) is 37.3 Å². The van der Waals surface area contributed by atoms with Gasteiger partial charge in [-0.2, -0.15) is 0 Å². The van der Waals surface area contributed by atoms with Gasteiger partial charge in [-0.25, -0.2) is 14.8 Å². The molecule has 3 heterocycles. The Hall–Kier alpha value is -12.2. The highest BCUT2D eigenvalue weighted by Crippen LogP contribution is 2.21. The van der Waals surface area contributed by atoms with Crippen LogP contribution in [-0.2, 0) is 75.2 Å². The van der Waals surface area contributed by atoms with Crippen molar-refractivity contribution < 1.29 is 77.6 Å². The third kappa shape index (κ3) is 36.0. The van der Waals surface area contributed by atoms with E-state index < -0.39 is 174 Å². The van der Waals surface area contributed by atoms with Crippen molar-refractivity contribution in [1.82, 2.24) is 78.0 Å². The summed E-state index contributed by atoms with van der Waals surface area (Å²) in [7, 11) is 0. The zero-order valence-corrected chi connectivity index (χ0v) is 63.7. The average Bonchev–Trinajstić information content (AvgIpc) is 1.73. The molecule has 0 unspecified atom stereocenters. The molecule has 2 aromatic heterocycles. The van der Waals surface area contributed by atoms with E-state index in [9.17, 15) is 77.6 Å². The highest BCUT2D eigenvalue weighted by atomic mass is 16.4. The van der Waals surface area contributed by atoms with E-state index >= 15 is 0 Å². The largest absolute Gasteiger partial charge is 0.480 e. The van der Waals surface area contributed by atoms with Crippen LogP contribution in [0, 0.1) is 5.92 Å². The lowest BCUT2D eigenvalue weighted by atomic mass is 10.0. The molecule has 630 valence electrons. The first-order valence-electron chi connectivity index (χ1n) is 36.5. The number of carboxylic acid groups (broad SMARTS) is 1. The standard InChI is InChI=1S/C65H114N32O16/c1-31(2)23-41(91-50(102)38(13-7-19-82-63(72)73)89-57(109)47(32(3)98)95-51(103)39(14-8-20-83-64(74)75)88-56(108)45-16-10-22-97(45)59(111)36(66)11-5-17-80-61(68)69)52(104)92-43(25-35-28-79-30-86-35)55(107)96-48(33(4)99)58(110)94-42(24-34-27-78-29-85-34)53(105)87-37(12-6-18-81-62(70)71)49(101)93-44(26-46(67)100)54(106)90-40(60(112)113)15-9-21-84-65(76)77/h27-33,36-45,47-48,98-99H,5-26,66H2,1-4H3,(H2,67,100)(H,78,85)(H,79,86)(H,87,105)(H,88,108)(H,89,109)(H,90,106)(H,91,102)(H,92,104)(H,93,101)(H,94,110)(H,95,103)(H,96,107)(H,112,113)(H4,68,69,80)(H4,70,71,81)(H4,72,73,82)(H4,74,75,83)(H4,76,77,84)/t32-,33-,36-,37-,38-,39-,40-,41-,42-,43-,44-,45-,47-,48-/m1/s1. The van der Waals surface area contributed by atoms with Crippen molar-refractivity contribution in [2.24, 2.45) is 99.7 Å². The number of primary amides is 1. The van der Waals surface area contributed by atoms with Crippen molar-refractivity contribution in [2.45, 2.75) is 215 Å². The molecule has 14 atom stereocenters. The zero-order chi connectivity index (χ0) is 84.6. The van der Waals surface area contributed by atoms with Crippen LogP contribution in [0.25, 0.3) is 0 Å². The summed E-state index contributed by atoms with van der Waals surface area (Å²) >= 11 is 0. The number of guanidine groups is 5. The molecular formula is C65H114N32O16. The van der Waals surface area contributed by atoms with Crippen LogP contribution >= 0.6 is 0 Å². The number of likely N-dealkylation sites (tertiary alicyclic amines) is 1. The summed E-state index contributed by atoms with van der Waals surface area (Å²) < 4.78 is 0. The Kier molecular flexibility index (Phi) is 41.3. The lowest BCUT2D eigenvalue weighted by molar-refractivity contribution is -0.142. The van der Waals surface area contributed by atoms with Gasteiger partial charge in [0.1, 0.15) is 66.5 Å². The Labute approximate surface area is 650 Å². The summed E-state index contributed by atoms with van der Waals surface area (Å²) in [5.41, 5.74) is 66.9. The zero-order valence-electron chi connectivity index (χ0n) is 63.7. The molecule has 3 rings (SSSR count). The number of amides is 12. The molecule has 0 aliphatic carbocycles. The Morgan fingerprint density at radius 3 is 1.17 bits per heavy atom. The number of H-pyrrole nitrogens is 2. The third-order valence-corrected chi connectivity index (χ3v) is 17.1. The minimum atomic E-state index is -1.95. The fraction of sp³-hybridized carbons (Fsp3) is 0.631. The molecule has 39 N–H and O–H groups in total. The predicted molar refractivity (Wildman–Crippen MR) is 410 cm³/mol. The number of hydrogen-bond donors (Lipinski definition) is 27. The average molecular weight is 1600 g/mol. The second-order valence-electron chi connectivity index (χ2n) is 27.2. The van der Waals surface area contributed by atoms with Crippen LogP contribution in [0.1, 0.15) is 129 Å². The minimum Gasteiger partial charge on any atom is -0.480 e. The molecule has 113 heavy (non-hydrogen) atoms. The van der Waals surface area contributed by atoms with Crippen LogP contribution < -0.4 is 122 Å². The maximum atomic E-state index is 14.8. The van der Waals surface area contributed by atoms with E-state index in [0.717, 1.165) is 13.8 Å². The van der Waals surface area contributed by atoms with E-state index in [2.05, 4.69) is 98.1 Å². The molecule has 0 aromatic carbocycles. The van der Waals surface area contributed by atoms with Crippen LogP contribution in [0.5, 0.6) is 0 Å². The van der Waals surface area contributed by atoms with Gasteiger partial charge in [0, 0.05) is 75.9 Å². The first-order chi connectivity index (χ1) is 53.3. The number of nitrogens with one attached hydrogen (secondary N) is 12. The molecule has 2 aromatic rings. The number of aliphatic hydroxyl groups excluding tert-OH is 2. The minimum absolute atomic E-state index is 0.00169. The second-order valence-corrected chi connectivity index (χ2v) is 27.2. The Morgan fingerprint density at radius 2 is 0.779 bits per heavy atom. The number of aliphatic hydroxyl groups is 2. The SMILES string of the molecule is CC(C)C[C@@H](NC(=O)[C@@H](CCCN=C(N)N)NC(=O)[C@H](NC(=O)[C@@H](CCCN=C(N)N)NC(=O)[C@H]1CCCN1C(=O)[C@H](N)CCCN=C(N)N)[C@@H](C)O)C(=O)N[C@H](Cc1cnc[nH]1)C(=O)N[C@@H](C(=O)N[C@H](Cc1cnc[nH]1)C(=O)N[C@H](CCCN=C(N)N)C(=O)N[C@H](CC(N)=O)C(=O)N[C@H](CCCN=C(N)N)C(=O)O)[C@@H](C)O. The number of hydrogen-bond acceptors (Lipinski definition) is 23. The van der Waals surface area contributed by atoms with E-state index in [0.29, 0.717) is 12.8 Å². The molecular weight excluding hydrogens is 1480 g/mol. The molecule has 1 aliphatic rings. The summed E-state index contributed by atoms with van der Waals surface area (Å²) in [5.74, 6) is -15.4. The lowest BCUT2D eigenvalue weighted by Gasteiger charge is -2.30. The molecule has 0 bridgehead atoms. The number of nitrogens with zero attached hydrogens (tertiary/aromatic N) is 8. The van der Waals surface area contributed by atoms with Gasteiger partial charge in [0.2, 0.25) is 70.9 Å². The van der Waals surface area contributed by atoms with Crippen molar-refractivity contribution >= 4 is 107 Å². The highest BCUT2D eigenvalue weighted by molar-refractivity contribution is 6.00. The van der Waals surface area contributed by atoms with Gasteiger partial charge in [-0.3, -0.25) is 82.5 Å². The van der Waals surface area contributed by atoms with Crippen LogP contribution in [0.2, 0.25) is 0 Å². The second kappa shape index (κ2) is 49.1. The fourth-order valence-corrected chi connectivity index (χ4v) is 11.5. The van der Waals surface area contributed by atoms with Gasteiger partial charge in [0.25, 0.3) is 0 Å². The number of carboxylic acids is 1. The van der Waals surface area contributed by atoms with Crippen molar-refractivity contribution in [1.29, 1.82) is 0 Å². The van der Waals surface area contributed by atoms with Gasteiger partial charge in [-0.1, -0.05) is 13.8 Å². The molecule has 0 spiro atoms. The number of aliphatic carboxylic acids is 1. The van der Waals surface area contributed by atoms with Crippen LogP contribution in [-0.4, -0.2) is 271 Å². The normalized spacial score (nSPS) is 15.8. The van der Waals surface area contributed by atoms with Crippen molar-refractivity contribution in [3.8, 4) is 0 Å². The van der Waals surface area contributed by atoms with E-state index in [1.807, 2.05) is 0 Å². The smallest absolute Gasteiger partial charge is 0.326 e. The number of carbonyl (C=O) groups is 13. The van der Waals surface area contributed by atoms with Gasteiger partial charge < -0.3 is 152 Å². The molecule has 1 aliphatic heterocycles. The molecule has 48 nitrogen and oxygen atoms in total. The number of nitrogens with two attached hydrogens (primary N) is 12. The summed E-state index contributed by atoms with van der Waals surface area (Å²) in [5, 5.41) is 57.1. The predicted octanol–water partition coefficient (Wildman–Crippen LogP) is -11.9. The maximum Gasteiger partial charge on any atom is 0.326 e. The third-order valence-electron chi connectivity index (χ3n) is 17.1. The van der Waals surface area contributed by atoms with Gasteiger partial charge in [-0.15, -0.1) is 0 Å². The number of imidazole rings is 2.